The van der Waals surface area contributed by atoms with Crippen molar-refractivity contribution >= 4 is 11.6 Å². The van der Waals surface area contributed by atoms with Crippen LogP contribution in [0.5, 0.6) is 0 Å². The van der Waals surface area contributed by atoms with Crippen LogP contribution >= 0.6 is 11.6 Å². The summed E-state index contributed by atoms with van der Waals surface area (Å²) in [6, 6.07) is 4.81. The van der Waals surface area contributed by atoms with E-state index in [0.717, 1.165) is 12.8 Å². The van der Waals surface area contributed by atoms with E-state index in [4.69, 9.17) is 11.6 Å². The molecule has 1 nitrogen and oxygen atoms in total. The first-order valence-electron chi connectivity index (χ1n) is 6.43. The lowest BCUT2D eigenvalue weighted by molar-refractivity contribution is 0.0894. The van der Waals surface area contributed by atoms with Crippen LogP contribution in [0, 0.1) is 5.82 Å². The van der Waals surface area contributed by atoms with E-state index in [0.29, 0.717) is 41.9 Å². The molecule has 2 heterocycles. The van der Waals surface area contributed by atoms with Gasteiger partial charge in [0.05, 0.1) is 0 Å². The molecule has 2 unspecified atom stereocenters. The second-order valence-corrected chi connectivity index (χ2v) is 6.02. The predicted octanol–water partition coefficient (Wildman–Crippen LogP) is 3.64. The molecule has 0 spiro atoms. The van der Waals surface area contributed by atoms with Gasteiger partial charge in [-0.3, -0.25) is 0 Å². The van der Waals surface area contributed by atoms with Crippen LogP contribution in [0.25, 0.3) is 0 Å². The molecule has 2 saturated heterocycles. The van der Waals surface area contributed by atoms with E-state index >= 15 is 0 Å². The third-order valence-corrected chi connectivity index (χ3v) is 4.43. The minimum atomic E-state index is -1.20. The molecule has 1 aromatic rings. The average Bonchev–Trinajstić information content (AvgIpc) is 2.63. The van der Waals surface area contributed by atoms with Crippen molar-refractivity contribution in [2.75, 3.05) is 0 Å². The molecule has 2 fully saturated rings. The highest BCUT2D eigenvalue weighted by Crippen LogP contribution is 2.39. The number of rotatable bonds is 2. The highest BCUT2D eigenvalue weighted by Gasteiger charge is 2.44. The third-order valence-electron chi connectivity index (χ3n) is 4.08. The Bertz CT molecular complexity index is 451. The first-order valence-corrected chi connectivity index (χ1v) is 6.81. The number of nitrogens with one attached hydrogen (secondary N) is 1. The summed E-state index contributed by atoms with van der Waals surface area (Å²) in [6.45, 7) is 0. The first kappa shape index (κ1) is 12.4. The molecule has 2 atom stereocenters. The van der Waals surface area contributed by atoms with Gasteiger partial charge in [0.2, 0.25) is 0 Å². The molecule has 1 N–H and O–H groups in total. The van der Waals surface area contributed by atoms with Crippen molar-refractivity contribution < 1.29 is 8.78 Å². The third kappa shape index (κ3) is 2.39. The van der Waals surface area contributed by atoms with Crippen molar-refractivity contribution in [2.24, 2.45) is 0 Å². The molecule has 0 amide bonds. The maximum absolute atomic E-state index is 14.9. The number of hydrogen-bond donors (Lipinski definition) is 1. The lowest BCUT2D eigenvalue weighted by Crippen LogP contribution is -2.47. The minimum absolute atomic E-state index is 0.292. The van der Waals surface area contributed by atoms with Gasteiger partial charge in [0, 0.05) is 23.5 Å². The van der Waals surface area contributed by atoms with Crippen molar-refractivity contribution in [3.8, 4) is 0 Å². The van der Waals surface area contributed by atoms with E-state index in [1.165, 1.54) is 12.1 Å². The zero-order valence-electron chi connectivity index (χ0n) is 10.1. The topological polar surface area (TPSA) is 12.0 Å². The van der Waals surface area contributed by atoms with Gasteiger partial charge in [-0.25, -0.2) is 8.78 Å². The smallest absolute Gasteiger partial charge is 0.124 e. The second-order valence-electron chi connectivity index (χ2n) is 5.61. The number of halogens is 3. The van der Waals surface area contributed by atoms with Gasteiger partial charge in [0.25, 0.3) is 0 Å². The number of fused-ring (bicyclic) bond motifs is 2. The van der Waals surface area contributed by atoms with E-state index in [2.05, 4.69) is 5.32 Å². The molecule has 0 aromatic heterocycles. The average molecular weight is 272 g/mol. The van der Waals surface area contributed by atoms with Crippen LogP contribution in [-0.2, 0) is 6.42 Å². The molecule has 0 saturated carbocycles. The Balaban J connectivity index is 1.79. The molecule has 4 heteroatoms. The monoisotopic (exact) mass is 271 g/mol. The molecule has 2 aliphatic heterocycles. The standard InChI is InChI=1S/C14H16ClF2N/c15-13-5-10(16)2-1-9(13)6-14(17)7-11-3-4-12(8-14)18-11/h1-2,5,11-12,18H,3-4,6-8H2. The molecule has 98 valence electrons. The summed E-state index contributed by atoms with van der Waals surface area (Å²) < 4.78 is 27.9. The lowest BCUT2D eigenvalue weighted by Gasteiger charge is -2.35. The molecule has 3 rings (SSSR count). The molecular formula is C14H16ClF2N. The van der Waals surface area contributed by atoms with Crippen LogP contribution < -0.4 is 5.32 Å². The van der Waals surface area contributed by atoms with Crippen molar-refractivity contribution in [1.82, 2.24) is 5.32 Å². The zero-order chi connectivity index (χ0) is 12.8. The van der Waals surface area contributed by atoms with Gasteiger partial charge in [-0.2, -0.15) is 0 Å². The van der Waals surface area contributed by atoms with Gasteiger partial charge < -0.3 is 5.32 Å². The Labute approximate surface area is 111 Å². The summed E-state index contributed by atoms with van der Waals surface area (Å²) >= 11 is 5.98. The van der Waals surface area contributed by atoms with Crippen LogP contribution in [0.3, 0.4) is 0 Å². The van der Waals surface area contributed by atoms with Crippen LogP contribution in [-0.4, -0.2) is 17.8 Å². The Morgan fingerprint density at radius 3 is 2.56 bits per heavy atom. The summed E-state index contributed by atoms with van der Waals surface area (Å²) in [6.07, 6.45) is 3.50. The first-order chi connectivity index (χ1) is 8.54. The summed E-state index contributed by atoms with van der Waals surface area (Å²) in [7, 11) is 0. The van der Waals surface area contributed by atoms with E-state index in [1.54, 1.807) is 6.07 Å². The number of hydrogen-bond acceptors (Lipinski definition) is 1. The fourth-order valence-electron chi connectivity index (χ4n) is 3.34. The summed E-state index contributed by atoms with van der Waals surface area (Å²) in [5, 5.41) is 3.75. The Morgan fingerprint density at radius 2 is 1.94 bits per heavy atom. The van der Waals surface area contributed by atoms with E-state index < -0.39 is 5.67 Å². The molecule has 2 bridgehead atoms. The van der Waals surface area contributed by atoms with Gasteiger partial charge in [-0.1, -0.05) is 17.7 Å². The number of alkyl halides is 1. The van der Waals surface area contributed by atoms with Crippen molar-refractivity contribution in [1.29, 1.82) is 0 Å². The quantitative estimate of drug-likeness (QED) is 0.866. The summed E-state index contributed by atoms with van der Waals surface area (Å²) in [4.78, 5) is 0. The van der Waals surface area contributed by atoms with Gasteiger partial charge in [-0.05, 0) is 43.4 Å². The SMILES string of the molecule is Fc1ccc(CC2(F)CC3CCC(C2)N3)c(Cl)c1. The predicted molar refractivity (Wildman–Crippen MR) is 68.1 cm³/mol. The summed E-state index contributed by atoms with van der Waals surface area (Å²) in [5.41, 5.74) is -0.486. The Kier molecular flexibility index (Phi) is 3.07. The maximum Gasteiger partial charge on any atom is 0.124 e. The highest BCUT2D eigenvalue weighted by molar-refractivity contribution is 6.31. The van der Waals surface area contributed by atoms with Crippen LogP contribution in [0.2, 0.25) is 5.02 Å². The molecule has 0 aliphatic carbocycles. The highest BCUT2D eigenvalue weighted by atomic mass is 35.5. The van der Waals surface area contributed by atoms with E-state index in [1.807, 2.05) is 0 Å². The molecule has 1 aromatic carbocycles. The van der Waals surface area contributed by atoms with Gasteiger partial charge in [-0.15, -0.1) is 0 Å². The molecule has 0 radical (unpaired) electrons. The van der Waals surface area contributed by atoms with Crippen molar-refractivity contribution in [3.05, 3.63) is 34.6 Å². The number of benzene rings is 1. The Hall–Kier alpha value is -0.670. The fourth-order valence-corrected chi connectivity index (χ4v) is 3.58. The summed E-state index contributed by atoms with van der Waals surface area (Å²) in [5.74, 6) is -0.373. The number of piperidine rings is 1. The molecule has 18 heavy (non-hydrogen) atoms. The van der Waals surface area contributed by atoms with Crippen LogP contribution in [0.4, 0.5) is 8.78 Å². The molecule has 2 aliphatic rings. The fraction of sp³-hybridized carbons (Fsp3) is 0.571. The van der Waals surface area contributed by atoms with E-state index in [-0.39, 0.29) is 5.82 Å². The van der Waals surface area contributed by atoms with Gasteiger partial charge in [0.15, 0.2) is 0 Å². The van der Waals surface area contributed by atoms with Crippen molar-refractivity contribution in [3.63, 3.8) is 0 Å². The van der Waals surface area contributed by atoms with Crippen LogP contribution in [0.15, 0.2) is 18.2 Å². The largest absolute Gasteiger partial charge is 0.311 e. The van der Waals surface area contributed by atoms with E-state index in [9.17, 15) is 8.78 Å². The van der Waals surface area contributed by atoms with Crippen LogP contribution in [0.1, 0.15) is 31.2 Å². The lowest BCUT2D eigenvalue weighted by atomic mass is 9.84. The second kappa shape index (κ2) is 4.46. The minimum Gasteiger partial charge on any atom is -0.311 e. The Morgan fingerprint density at radius 1 is 1.28 bits per heavy atom. The zero-order valence-corrected chi connectivity index (χ0v) is 10.8. The molecular weight excluding hydrogens is 256 g/mol. The van der Waals surface area contributed by atoms with Gasteiger partial charge in [0.1, 0.15) is 11.5 Å². The van der Waals surface area contributed by atoms with Crippen molar-refractivity contribution in [2.45, 2.75) is 49.9 Å². The van der Waals surface area contributed by atoms with Gasteiger partial charge >= 0.3 is 0 Å². The normalized spacial score (nSPS) is 34.8. The maximum atomic E-state index is 14.9.